The van der Waals surface area contributed by atoms with Crippen molar-refractivity contribution in [2.45, 2.75) is 13.0 Å². The molecule has 5 heteroatoms. The van der Waals surface area contributed by atoms with E-state index in [1.807, 2.05) is 24.3 Å². The molecule has 0 spiro atoms. The molecule has 0 fully saturated rings. The first-order valence-corrected chi connectivity index (χ1v) is 7.04. The van der Waals surface area contributed by atoms with Gasteiger partial charge in [0.1, 0.15) is 5.82 Å². The number of hydrogen-bond acceptors (Lipinski definition) is 3. The number of amides is 1. The van der Waals surface area contributed by atoms with Crippen LogP contribution in [0.3, 0.4) is 0 Å². The van der Waals surface area contributed by atoms with Crippen LogP contribution in [0.1, 0.15) is 12.0 Å². The Hall–Kier alpha value is -2.40. The van der Waals surface area contributed by atoms with E-state index in [1.54, 1.807) is 19.2 Å². The lowest BCUT2D eigenvalue weighted by Crippen LogP contribution is -2.13. The van der Waals surface area contributed by atoms with Gasteiger partial charge in [0.15, 0.2) is 0 Å². The molecule has 2 N–H and O–H groups in total. The number of rotatable bonds is 7. The average Bonchev–Trinajstić information content (AvgIpc) is 2.54. The molecule has 0 aromatic heterocycles. The van der Waals surface area contributed by atoms with Crippen LogP contribution in [0.2, 0.25) is 0 Å². The molecule has 0 atom stereocenters. The lowest BCUT2D eigenvalue weighted by Gasteiger charge is -2.09. The van der Waals surface area contributed by atoms with Gasteiger partial charge in [-0.05, 0) is 42.0 Å². The Morgan fingerprint density at radius 1 is 1.05 bits per heavy atom. The van der Waals surface area contributed by atoms with E-state index in [4.69, 9.17) is 4.74 Å². The highest BCUT2D eigenvalue weighted by Gasteiger charge is 2.02. The second-order valence-electron chi connectivity index (χ2n) is 4.85. The van der Waals surface area contributed by atoms with Gasteiger partial charge in [0.2, 0.25) is 5.91 Å². The van der Waals surface area contributed by atoms with E-state index >= 15 is 0 Å². The number of carbonyl (C=O) groups excluding carboxylic acids is 1. The number of halogens is 1. The molecule has 0 aliphatic heterocycles. The minimum atomic E-state index is -0.239. The van der Waals surface area contributed by atoms with Crippen LogP contribution in [0.25, 0.3) is 0 Å². The van der Waals surface area contributed by atoms with Gasteiger partial charge < -0.3 is 15.4 Å². The minimum absolute atomic E-state index is 0.0751. The van der Waals surface area contributed by atoms with Crippen molar-refractivity contribution in [3.05, 3.63) is 59.9 Å². The van der Waals surface area contributed by atoms with Crippen molar-refractivity contribution < 1.29 is 13.9 Å². The molecule has 0 bridgehead atoms. The predicted octanol–water partition coefficient (Wildman–Crippen LogP) is 3.41. The van der Waals surface area contributed by atoms with Crippen molar-refractivity contribution in [1.82, 2.24) is 0 Å². The molecular weight excluding hydrogens is 283 g/mol. The SMILES string of the molecule is COCCC(=O)Nc1ccc(NCc2ccc(F)cc2)cc1. The molecule has 0 aliphatic carbocycles. The van der Waals surface area contributed by atoms with E-state index in [-0.39, 0.29) is 11.7 Å². The Bertz CT molecular complexity index is 597. The summed E-state index contributed by atoms with van der Waals surface area (Å²) in [5.74, 6) is -0.314. The summed E-state index contributed by atoms with van der Waals surface area (Å²) in [7, 11) is 1.56. The molecule has 0 heterocycles. The summed E-state index contributed by atoms with van der Waals surface area (Å²) < 4.78 is 17.7. The first-order chi connectivity index (χ1) is 10.7. The van der Waals surface area contributed by atoms with Crippen LogP contribution in [0.5, 0.6) is 0 Å². The number of methoxy groups -OCH3 is 1. The molecule has 0 saturated carbocycles. The molecule has 1 amide bonds. The highest BCUT2D eigenvalue weighted by atomic mass is 19.1. The third-order valence-electron chi connectivity index (χ3n) is 3.11. The van der Waals surface area contributed by atoms with E-state index in [1.165, 1.54) is 12.1 Å². The van der Waals surface area contributed by atoms with Gasteiger partial charge in [0.25, 0.3) is 0 Å². The summed E-state index contributed by atoms with van der Waals surface area (Å²) in [6.07, 6.45) is 0.334. The van der Waals surface area contributed by atoms with Crippen molar-refractivity contribution in [1.29, 1.82) is 0 Å². The van der Waals surface area contributed by atoms with E-state index in [9.17, 15) is 9.18 Å². The van der Waals surface area contributed by atoms with Crippen LogP contribution in [-0.2, 0) is 16.1 Å². The van der Waals surface area contributed by atoms with E-state index < -0.39 is 0 Å². The molecule has 116 valence electrons. The van der Waals surface area contributed by atoms with Crippen LogP contribution >= 0.6 is 0 Å². The van der Waals surface area contributed by atoms with Crippen LogP contribution in [0.15, 0.2) is 48.5 Å². The normalized spacial score (nSPS) is 10.3. The summed E-state index contributed by atoms with van der Waals surface area (Å²) in [5, 5.41) is 6.04. The summed E-state index contributed by atoms with van der Waals surface area (Å²) in [6, 6.07) is 13.8. The maximum atomic E-state index is 12.8. The smallest absolute Gasteiger partial charge is 0.226 e. The largest absolute Gasteiger partial charge is 0.384 e. The molecule has 0 unspecified atom stereocenters. The molecule has 0 aliphatic rings. The topological polar surface area (TPSA) is 50.4 Å². The Morgan fingerprint density at radius 3 is 2.32 bits per heavy atom. The first-order valence-electron chi connectivity index (χ1n) is 7.04. The van der Waals surface area contributed by atoms with Gasteiger partial charge in [-0.1, -0.05) is 12.1 Å². The lowest BCUT2D eigenvalue weighted by molar-refractivity contribution is -0.117. The average molecular weight is 302 g/mol. The summed E-state index contributed by atoms with van der Waals surface area (Å²) in [4.78, 5) is 11.6. The molecule has 22 heavy (non-hydrogen) atoms. The van der Waals surface area contributed by atoms with Gasteiger partial charge in [-0.15, -0.1) is 0 Å². The lowest BCUT2D eigenvalue weighted by atomic mass is 10.2. The van der Waals surface area contributed by atoms with Crippen molar-refractivity contribution >= 4 is 17.3 Å². The quantitative estimate of drug-likeness (QED) is 0.824. The van der Waals surface area contributed by atoms with Gasteiger partial charge in [-0.3, -0.25) is 4.79 Å². The zero-order valence-electron chi connectivity index (χ0n) is 12.4. The Kier molecular flexibility index (Phi) is 5.91. The number of benzene rings is 2. The van der Waals surface area contributed by atoms with Crippen LogP contribution in [-0.4, -0.2) is 19.6 Å². The highest BCUT2D eigenvalue weighted by molar-refractivity contribution is 5.90. The maximum absolute atomic E-state index is 12.8. The maximum Gasteiger partial charge on any atom is 0.226 e. The fourth-order valence-electron chi connectivity index (χ4n) is 1.90. The Morgan fingerprint density at radius 2 is 1.68 bits per heavy atom. The van der Waals surface area contributed by atoms with E-state index in [0.29, 0.717) is 19.6 Å². The molecule has 2 aromatic carbocycles. The Labute approximate surface area is 129 Å². The number of nitrogens with one attached hydrogen (secondary N) is 2. The first kappa shape index (κ1) is 16.0. The van der Waals surface area contributed by atoms with Gasteiger partial charge in [-0.25, -0.2) is 4.39 Å². The fourth-order valence-corrected chi connectivity index (χ4v) is 1.90. The number of carbonyl (C=O) groups is 1. The number of ether oxygens (including phenoxy) is 1. The van der Waals surface area contributed by atoms with Gasteiger partial charge in [-0.2, -0.15) is 0 Å². The second-order valence-corrected chi connectivity index (χ2v) is 4.85. The standard InChI is InChI=1S/C17H19FN2O2/c1-22-11-10-17(21)20-16-8-6-15(7-9-16)19-12-13-2-4-14(18)5-3-13/h2-9,19H,10-12H2,1H3,(H,20,21). The van der Waals surface area contributed by atoms with Crippen molar-refractivity contribution in [2.75, 3.05) is 24.4 Å². The minimum Gasteiger partial charge on any atom is -0.384 e. The van der Waals surface area contributed by atoms with Crippen molar-refractivity contribution in [3.63, 3.8) is 0 Å². The van der Waals surface area contributed by atoms with Crippen molar-refractivity contribution in [3.8, 4) is 0 Å². The van der Waals surface area contributed by atoms with Gasteiger partial charge in [0.05, 0.1) is 13.0 Å². The fraction of sp³-hybridized carbons (Fsp3) is 0.235. The monoisotopic (exact) mass is 302 g/mol. The van der Waals surface area contributed by atoms with Gasteiger partial charge >= 0.3 is 0 Å². The third kappa shape index (κ3) is 5.18. The molecule has 2 aromatic rings. The number of anilines is 2. The highest BCUT2D eigenvalue weighted by Crippen LogP contribution is 2.15. The van der Waals surface area contributed by atoms with Gasteiger partial charge in [0, 0.05) is 25.0 Å². The van der Waals surface area contributed by atoms with Crippen LogP contribution in [0, 0.1) is 5.82 Å². The molecular formula is C17H19FN2O2. The Balaban J connectivity index is 1.83. The predicted molar refractivity (Wildman–Crippen MR) is 85.3 cm³/mol. The van der Waals surface area contributed by atoms with E-state index in [0.717, 1.165) is 16.9 Å². The molecule has 0 saturated heterocycles. The summed E-state index contributed by atoms with van der Waals surface area (Å²) >= 11 is 0. The molecule has 4 nitrogen and oxygen atoms in total. The third-order valence-corrected chi connectivity index (χ3v) is 3.11. The number of hydrogen-bond donors (Lipinski definition) is 2. The zero-order valence-corrected chi connectivity index (χ0v) is 12.4. The summed E-state index contributed by atoms with van der Waals surface area (Å²) in [6.45, 7) is 1.02. The zero-order chi connectivity index (χ0) is 15.8. The van der Waals surface area contributed by atoms with E-state index in [2.05, 4.69) is 10.6 Å². The van der Waals surface area contributed by atoms with Crippen molar-refractivity contribution in [2.24, 2.45) is 0 Å². The second kappa shape index (κ2) is 8.14. The summed E-state index contributed by atoms with van der Waals surface area (Å²) in [5.41, 5.74) is 2.67. The van der Waals surface area contributed by atoms with Crippen LogP contribution < -0.4 is 10.6 Å². The van der Waals surface area contributed by atoms with Crippen LogP contribution in [0.4, 0.5) is 15.8 Å². The molecule has 0 radical (unpaired) electrons. The molecule has 2 rings (SSSR count).